The first-order chi connectivity index (χ1) is 21.6. The lowest BCUT2D eigenvalue weighted by atomic mass is 9.99. The number of aromatic nitrogens is 3. The maximum atomic E-state index is 12.4. The Bertz CT molecular complexity index is 1650. The van der Waals surface area contributed by atoms with E-state index in [1.807, 2.05) is 48.5 Å². The highest BCUT2D eigenvalue weighted by Gasteiger charge is 2.32. The third-order valence-corrected chi connectivity index (χ3v) is 8.38. The molecule has 3 aromatic carbocycles. The van der Waals surface area contributed by atoms with Crippen molar-refractivity contribution in [1.29, 1.82) is 0 Å². The summed E-state index contributed by atoms with van der Waals surface area (Å²) in [7, 11) is 0. The monoisotopic (exact) mass is 604 g/mol. The summed E-state index contributed by atoms with van der Waals surface area (Å²) < 4.78 is 13.0. The van der Waals surface area contributed by atoms with Gasteiger partial charge in [-0.2, -0.15) is 0 Å². The summed E-state index contributed by atoms with van der Waals surface area (Å²) in [6.45, 7) is 0.417. The van der Waals surface area contributed by atoms with Crippen LogP contribution in [-0.4, -0.2) is 37.8 Å². The Kier molecular flexibility index (Phi) is 9.69. The van der Waals surface area contributed by atoms with Gasteiger partial charge in [0.05, 0.1) is 24.4 Å². The van der Waals surface area contributed by atoms with Crippen LogP contribution in [0.15, 0.2) is 121 Å². The van der Waals surface area contributed by atoms with Gasteiger partial charge >= 0.3 is 0 Å². The zero-order valence-electron chi connectivity index (χ0n) is 24.0. The number of hydrogen-bond acceptors (Lipinski definition) is 8. The Balaban J connectivity index is 1.15. The molecule has 1 fully saturated rings. The van der Waals surface area contributed by atoms with Crippen molar-refractivity contribution in [1.82, 2.24) is 20.3 Å². The van der Waals surface area contributed by atoms with E-state index in [1.165, 1.54) is 0 Å². The van der Waals surface area contributed by atoms with Gasteiger partial charge in [-0.1, -0.05) is 78.5 Å². The number of ether oxygens (including phenoxy) is 2. The summed E-state index contributed by atoms with van der Waals surface area (Å²) in [6, 6.07) is 29.5. The lowest BCUT2D eigenvalue weighted by Crippen LogP contribution is -2.31. The third-order valence-electron chi connectivity index (χ3n) is 7.38. The van der Waals surface area contributed by atoms with Crippen LogP contribution in [0.1, 0.15) is 51.4 Å². The Morgan fingerprint density at radius 3 is 2.39 bits per heavy atom. The molecule has 0 unspecified atom stereocenters. The van der Waals surface area contributed by atoms with Gasteiger partial charge in [0.1, 0.15) is 0 Å². The molecule has 9 heteroatoms. The molecule has 0 bridgehead atoms. The molecule has 1 amide bonds. The van der Waals surface area contributed by atoms with Crippen molar-refractivity contribution in [2.24, 2.45) is 0 Å². The smallest absolute Gasteiger partial charge is 0.253 e. The molecule has 6 rings (SSSR count). The van der Waals surface area contributed by atoms with Crippen LogP contribution in [0.4, 0.5) is 0 Å². The fourth-order valence-electron chi connectivity index (χ4n) is 5.03. The van der Waals surface area contributed by atoms with Crippen LogP contribution in [0.3, 0.4) is 0 Å². The fourth-order valence-corrected chi connectivity index (χ4v) is 5.85. The van der Waals surface area contributed by atoms with E-state index in [4.69, 9.17) is 9.47 Å². The van der Waals surface area contributed by atoms with Gasteiger partial charge in [-0.15, -0.1) is 0 Å². The predicted molar refractivity (Wildman–Crippen MR) is 168 cm³/mol. The number of nitrogens with one attached hydrogen (secondary N) is 1. The van der Waals surface area contributed by atoms with Crippen molar-refractivity contribution in [3.8, 4) is 11.1 Å². The second-order valence-electron chi connectivity index (χ2n) is 10.4. The molecule has 222 valence electrons. The van der Waals surface area contributed by atoms with Crippen LogP contribution in [0.25, 0.3) is 11.1 Å². The summed E-state index contributed by atoms with van der Waals surface area (Å²) in [5.41, 5.74) is 6.47. The molecule has 0 spiro atoms. The van der Waals surface area contributed by atoms with Gasteiger partial charge in [0.2, 0.25) is 0 Å². The Morgan fingerprint density at radius 1 is 0.841 bits per heavy atom. The topological polar surface area (TPSA) is 106 Å². The van der Waals surface area contributed by atoms with Crippen molar-refractivity contribution in [2.75, 3.05) is 5.75 Å². The molecule has 2 N–H and O–H groups in total. The fraction of sp³-hybridized carbons (Fsp3) is 0.200. The number of aliphatic hydroxyl groups excluding tert-OH is 1. The van der Waals surface area contributed by atoms with Crippen LogP contribution >= 0.6 is 11.8 Å². The summed E-state index contributed by atoms with van der Waals surface area (Å²) in [4.78, 5) is 25.1. The number of nitrogens with zero attached hydrogens (tertiary/aromatic N) is 3. The molecule has 5 aromatic rings. The number of aliphatic hydroxyl groups is 1. The van der Waals surface area contributed by atoms with Crippen molar-refractivity contribution in [2.45, 2.75) is 43.2 Å². The zero-order chi connectivity index (χ0) is 30.1. The first-order valence-electron chi connectivity index (χ1n) is 14.4. The normalized spacial score (nSPS) is 18.1. The number of benzene rings is 3. The molecule has 44 heavy (non-hydrogen) atoms. The Hall–Kier alpha value is -4.41. The average molecular weight is 605 g/mol. The van der Waals surface area contributed by atoms with Crippen molar-refractivity contribution in [3.05, 3.63) is 144 Å². The minimum Gasteiger partial charge on any atom is -0.392 e. The van der Waals surface area contributed by atoms with Crippen molar-refractivity contribution in [3.63, 3.8) is 0 Å². The number of thioether (sulfide) groups is 1. The Labute approximate surface area is 260 Å². The van der Waals surface area contributed by atoms with E-state index >= 15 is 0 Å². The second-order valence-corrected chi connectivity index (χ2v) is 11.4. The third kappa shape index (κ3) is 7.56. The van der Waals surface area contributed by atoms with E-state index in [-0.39, 0.29) is 24.7 Å². The number of carbonyl (C=O) groups excluding carboxylic acids is 1. The van der Waals surface area contributed by atoms with Gasteiger partial charge in [0.25, 0.3) is 5.91 Å². The number of rotatable bonds is 10. The quantitative estimate of drug-likeness (QED) is 0.141. The molecular weight excluding hydrogens is 572 g/mol. The summed E-state index contributed by atoms with van der Waals surface area (Å²) >= 11 is 1.57. The molecule has 0 saturated carbocycles. The maximum Gasteiger partial charge on any atom is 0.253 e. The van der Waals surface area contributed by atoms with E-state index in [1.54, 1.807) is 54.7 Å². The molecular formula is C35H32N4O4S. The van der Waals surface area contributed by atoms with Crippen LogP contribution in [-0.2, 0) is 22.6 Å². The maximum absolute atomic E-state index is 12.4. The van der Waals surface area contributed by atoms with Gasteiger partial charge in [-0.05, 0) is 52.1 Å². The van der Waals surface area contributed by atoms with E-state index in [0.717, 1.165) is 33.4 Å². The molecule has 3 heterocycles. The zero-order valence-corrected chi connectivity index (χ0v) is 24.8. The molecule has 8 nitrogen and oxygen atoms in total. The lowest BCUT2D eigenvalue weighted by molar-refractivity contribution is -0.245. The van der Waals surface area contributed by atoms with E-state index in [2.05, 4.69) is 44.5 Å². The predicted octanol–water partition coefficient (Wildman–Crippen LogP) is 6.30. The van der Waals surface area contributed by atoms with Gasteiger partial charge in [-0.3, -0.25) is 9.78 Å². The standard InChI is InChI=1S/C35H32N4O4S/c40-22-24-7-9-27(10-8-24)32-19-31(23-44-35-37-16-3-17-38-35)42-34(43-32)28-13-11-26(12-14-28)29-5-1-4-25(18-29)20-39-33(41)30-6-2-15-36-21-30/h1-18,21,31-32,34,40H,19-20,22-23H2,(H,39,41)/t31-,32+,34+/m1/s1. The van der Waals surface area contributed by atoms with Gasteiger partial charge in [0.15, 0.2) is 11.4 Å². The molecule has 0 aliphatic carbocycles. The highest BCUT2D eigenvalue weighted by molar-refractivity contribution is 7.99. The summed E-state index contributed by atoms with van der Waals surface area (Å²) in [5, 5.41) is 13.2. The SMILES string of the molecule is O=C(NCc1cccc(-c2ccc([C@H]3O[C@@H](CSc4ncccn4)C[C@@H](c4ccc(CO)cc4)O3)cc2)c1)c1cccnc1. The summed E-state index contributed by atoms with van der Waals surface area (Å²) in [6.07, 6.45) is 6.58. The molecule has 1 aliphatic rings. The van der Waals surface area contributed by atoms with Crippen LogP contribution in [0.2, 0.25) is 0 Å². The lowest BCUT2D eigenvalue weighted by Gasteiger charge is -2.36. The minimum atomic E-state index is -0.545. The van der Waals surface area contributed by atoms with Gasteiger partial charge in [-0.25, -0.2) is 9.97 Å². The minimum absolute atomic E-state index is 0.00315. The van der Waals surface area contributed by atoms with Crippen LogP contribution in [0, 0.1) is 0 Å². The van der Waals surface area contributed by atoms with Crippen molar-refractivity contribution >= 4 is 17.7 Å². The van der Waals surface area contributed by atoms with E-state index in [9.17, 15) is 9.90 Å². The summed E-state index contributed by atoms with van der Waals surface area (Å²) in [5.74, 6) is 0.535. The molecule has 2 aromatic heterocycles. The number of hydrogen-bond donors (Lipinski definition) is 2. The van der Waals surface area contributed by atoms with Gasteiger partial charge in [0, 0.05) is 49.1 Å². The van der Waals surface area contributed by atoms with E-state index < -0.39 is 6.29 Å². The van der Waals surface area contributed by atoms with Gasteiger partial charge < -0.3 is 19.9 Å². The Morgan fingerprint density at radius 2 is 1.64 bits per heavy atom. The molecule has 1 saturated heterocycles. The second kappa shape index (κ2) is 14.4. The first kappa shape index (κ1) is 29.7. The highest BCUT2D eigenvalue weighted by atomic mass is 32.2. The highest BCUT2D eigenvalue weighted by Crippen LogP contribution is 2.39. The van der Waals surface area contributed by atoms with Crippen LogP contribution in [0.5, 0.6) is 0 Å². The number of carbonyl (C=O) groups is 1. The van der Waals surface area contributed by atoms with Crippen molar-refractivity contribution < 1.29 is 19.4 Å². The largest absolute Gasteiger partial charge is 0.392 e. The molecule has 0 radical (unpaired) electrons. The van der Waals surface area contributed by atoms with E-state index in [0.29, 0.717) is 29.4 Å². The molecule has 3 atom stereocenters. The number of pyridine rings is 1. The first-order valence-corrected chi connectivity index (χ1v) is 15.4. The average Bonchev–Trinajstić information content (AvgIpc) is 3.10. The van der Waals surface area contributed by atoms with Crippen LogP contribution < -0.4 is 5.32 Å². The molecule has 1 aliphatic heterocycles. The number of amides is 1.